The van der Waals surface area contributed by atoms with E-state index in [-0.39, 0.29) is 17.6 Å². The molecule has 3 heterocycles. The summed E-state index contributed by atoms with van der Waals surface area (Å²) in [6, 6.07) is 0.0494. The van der Waals surface area contributed by atoms with Crippen LogP contribution in [0.4, 0.5) is 0 Å². The molecule has 3 rings (SSSR count). The number of hydrogen-bond donors (Lipinski definition) is 1. The molecule has 0 aliphatic carbocycles. The van der Waals surface area contributed by atoms with Gasteiger partial charge in [-0.3, -0.25) is 9.69 Å². The summed E-state index contributed by atoms with van der Waals surface area (Å²) >= 11 is 1.24. The third-order valence-corrected chi connectivity index (χ3v) is 6.08. The molecule has 2 atom stereocenters. The monoisotopic (exact) mass is 363 g/mol. The quantitative estimate of drug-likeness (QED) is 0.844. The molecule has 1 N–H and O–H groups in total. The number of aromatic nitrogens is 2. The smallest absolute Gasteiger partial charge is 0.348 e. The summed E-state index contributed by atoms with van der Waals surface area (Å²) in [5.41, 5.74) is 0.471. The van der Waals surface area contributed by atoms with E-state index < -0.39 is 0 Å². The molecule has 2 aromatic rings. The van der Waals surface area contributed by atoms with Gasteiger partial charge in [0.2, 0.25) is 0 Å². The van der Waals surface area contributed by atoms with E-state index in [4.69, 9.17) is 4.74 Å². The molecule has 0 radical (unpaired) electrons. The predicted octanol–water partition coefficient (Wildman–Crippen LogP) is 3.26. The van der Waals surface area contributed by atoms with Gasteiger partial charge < -0.3 is 9.72 Å². The lowest BCUT2D eigenvalue weighted by Crippen LogP contribution is -2.37. The summed E-state index contributed by atoms with van der Waals surface area (Å²) in [5.74, 6) is 0.941. The number of thiophene rings is 1. The Labute approximate surface area is 151 Å². The Balaban J connectivity index is 1.98. The second kappa shape index (κ2) is 7.25. The zero-order valence-corrected chi connectivity index (χ0v) is 16.0. The molecule has 0 spiro atoms. The average molecular weight is 363 g/mol. The molecule has 25 heavy (non-hydrogen) atoms. The van der Waals surface area contributed by atoms with E-state index in [0.717, 1.165) is 13.1 Å². The van der Waals surface area contributed by atoms with Crippen LogP contribution >= 0.6 is 11.3 Å². The van der Waals surface area contributed by atoms with Crippen LogP contribution in [0.3, 0.4) is 0 Å². The minimum absolute atomic E-state index is 0.0494. The highest BCUT2D eigenvalue weighted by Crippen LogP contribution is 2.30. The summed E-state index contributed by atoms with van der Waals surface area (Å²) < 4.78 is 5.09. The third kappa shape index (κ3) is 3.48. The van der Waals surface area contributed by atoms with Gasteiger partial charge in [-0.1, -0.05) is 6.92 Å². The van der Waals surface area contributed by atoms with Crippen molar-refractivity contribution in [1.29, 1.82) is 0 Å². The molecule has 7 heteroatoms. The van der Waals surface area contributed by atoms with Gasteiger partial charge in [0.25, 0.3) is 5.56 Å². The largest absolute Gasteiger partial charge is 0.462 e. The van der Waals surface area contributed by atoms with Gasteiger partial charge in [0.15, 0.2) is 0 Å². The van der Waals surface area contributed by atoms with Crippen LogP contribution in [0.1, 0.15) is 60.7 Å². The fraction of sp³-hybridized carbons (Fsp3) is 0.611. The Hall–Kier alpha value is -1.73. The molecule has 1 aliphatic rings. The molecular weight excluding hydrogens is 338 g/mol. The Morgan fingerprint density at radius 3 is 2.96 bits per heavy atom. The number of rotatable bonds is 4. The van der Waals surface area contributed by atoms with E-state index in [1.54, 1.807) is 13.8 Å². The Morgan fingerprint density at radius 1 is 1.52 bits per heavy atom. The van der Waals surface area contributed by atoms with E-state index in [2.05, 4.69) is 28.7 Å². The minimum atomic E-state index is -0.387. The topological polar surface area (TPSA) is 75.3 Å². The van der Waals surface area contributed by atoms with E-state index in [9.17, 15) is 9.59 Å². The van der Waals surface area contributed by atoms with Gasteiger partial charge in [-0.15, -0.1) is 11.3 Å². The summed E-state index contributed by atoms with van der Waals surface area (Å²) in [7, 11) is 0. The van der Waals surface area contributed by atoms with Crippen molar-refractivity contribution < 1.29 is 9.53 Å². The molecule has 0 bridgehead atoms. The maximum Gasteiger partial charge on any atom is 0.348 e. The molecule has 0 amide bonds. The lowest BCUT2D eigenvalue weighted by atomic mass is 9.99. The number of piperidine rings is 1. The number of fused-ring (bicyclic) bond motifs is 1. The number of aromatic amines is 1. The number of H-pyrrole nitrogens is 1. The summed E-state index contributed by atoms with van der Waals surface area (Å²) in [5, 5.41) is 0.496. The fourth-order valence-electron chi connectivity index (χ4n) is 3.50. The average Bonchev–Trinajstić information content (AvgIpc) is 2.91. The van der Waals surface area contributed by atoms with Crippen LogP contribution in [0.2, 0.25) is 0 Å². The van der Waals surface area contributed by atoms with Crippen molar-refractivity contribution in [3.63, 3.8) is 0 Å². The molecule has 0 saturated carbocycles. The number of nitrogens with one attached hydrogen (secondary N) is 1. The highest BCUT2D eigenvalue weighted by molar-refractivity contribution is 7.20. The van der Waals surface area contributed by atoms with Crippen LogP contribution in [-0.2, 0) is 4.74 Å². The number of hydrogen-bond acceptors (Lipinski definition) is 6. The van der Waals surface area contributed by atoms with Crippen molar-refractivity contribution in [2.45, 2.75) is 46.6 Å². The van der Waals surface area contributed by atoms with Gasteiger partial charge in [0, 0.05) is 6.54 Å². The normalized spacial score (nSPS) is 19.9. The number of ether oxygens (including phenoxy) is 1. The number of carbonyl (C=O) groups is 1. The first-order chi connectivity index (χ1) is 11.9. The molecule has 136 valence electrons. The zero-order chi connectivity index (χ0) is 18.1. The van der Waals surface area contributed by atoms with E-state index in [1.807, 2.05) is 0 Å². The highest BCUT2D eigenvalue weighted by Gasteiger charge is 2.25. The van der Waals surface area contributed by atoms with Gasteiger partial charge >= 0.3 is 5.97 Å². The van der Waals surface area contributed by atoms with E-state index in [1.165, 1.54) is 24.2 Å². The minimum Gasteiger partial charge on any atom is -0.462 e. The lowest BCUT2D eigenvalue weighted by Gasteiger charge is -2.34. The molecule has 0 aromatic carbocycles. The molecule has 2 unspecified atom stereocenters. The maximum atomic E-state index is 12.6. The summed E-state index contributed by atoms with van der Waals surface area (Å²) in [6.45, 7) is 10.2. The second-order valence-corrected chi connectivity index (χ2v) is 7.83. The highest BCUT2D eigenvalue weighted by atomic mass is 32.1. The first-order valence-corrected chi connectivity index (χ1v) is 9.68. The van der Waals surface area contributed by atoms with Gasteiger partial charge in [-0.2, -0.15) is 0 Å². The van der Waals surface area contributed by atoms with Crippen molar-refractivity contribution in [3.8, 4) is 0 Å². The Bertz CT molecular complexity index is 842. The van der Waals surface area contributed by atoms with Gasteiger partial charge in [-0.25, -0.2) is 9.78 Å². The number of aryl methyl sites for hydroxylation is 1. The number of nitrogens with zero attached hydrogens (tertiary/aromatic N) is 2. The van der Waals surface area contributed by atoms with Gasteiger partial charge in [0.05, 0.1) is 18.0 Å². The molecular formula is C18H25N3O3S. The van der Waals surface area contributed by atoms with Crippen LogP contribution in [-0.4, -0.2) is 40.5 Å². The Kier molecular flexibility index (Phi) is 5.24. The van der Waals surface area contributed by atoms with Gasteiger partial charge in [0.1, 0.15) is 15.5 Å². The van der Waals surface area contributed by atoms with Crippen molar-refractivity contribution in [3.05, 3.63) is 26.6 Å². The summed E-state index contributed by atoms with van der Waals surface area (Å²) in [6.07, 6.45) is 2.42. The summed E-state index contributed by atoms with van der Waals surface area (Å²) in [4.78, 5) is 35.7. The fourth-order valence-corrected chi connectivity index (χ4v) is 4.58. The standard InChI is InChI=1S/C18H25N3O3S/c1-5-24-18(23)14-11(3)13-16(22)19-15(20-17(13)25-14)12(4)21-8-6-7-10(2)9-21/h10,12H,5-9H2,1-4H3,(H,19,20,22). The second-order valence-electron chi connectivity index (χ2n) is 6.83. The number of carbonyl (C=O) groups excluding carboxylic acids is 1. The first-order valence-electron chi connectivity index (χ1n) is 8.86. The van der Waals surface area contributed by atoms with Crippen LogP contribution in [0.25, 0.3) is 10.2 Å². The first kappa shape index (κ1) is 18.1. The van der Waals surface area contributed by atoms with Crippen LogP contribution in [0, 0.1) is 12.8 Å². The van der Waals surface area contributed by atoms with Crippen molar-refractivity contribution in [2.75, 3.05) is 19.7 Å². The molecule has 2 aromatic heterocycles. The molecule has 1 fully saturated rings. The number of esters is 1. The Morgan fingerprint density at radius 2 is 2.28 bits per heavy atom. The molecule has 1 saturated heterocycles. The van der Waals surface area contributed by atoms with Crippen LogP contribution < -0.4 is 5.56 Å². The van der Waals surface area contributed by atoms with Crippen molar-refractivity contribution in [2.24, 2.45) is 5.92 Å². The SMILES string of the molecule is CCOC(=O)c1sc2nc(C(C)N3CCCC(C)C3)[nH]c(=O)c2c1C. The van der Waals surface area contributed by atoms with E-state index in [0.29, 0.717) is 39.0 Å². The maximum absolute atomic E-state index is 12.6. The van der Waals surface area contributed by atoms with Crippen molar-refractivity contribution >= 4 is 27.5 Å². The molecule has 6 nitrogen and oxygen atoms in total. The lowest BCUT2D eigenvalue weighted by molar-refractivity contribution is 0.0531. The zero-order valence-electron chi connectivity index (χ0n) is 15.2. The van der Waals surface area contributed by atoms with Crippen LogP contribution in [0.5, 0.6) is 0 Å². The molecule has 1 aliphatic heterocycles. The number of likely N-dealkylation sites (tertiary alicyclic amines) is 1. The van der Waals surface area contributed by atoms with E-state index >= 15 is 0 Å². The third-order valence-electron chi connectivity index (χ3n) is 4.91. The van der Waals surface area contributed by atoms with Crippen LogP contribution in [0.15, 0.2) is 4.79 Å². The predicted molar refractivity (Wildman–Crippen MR) is 99.3 cm³/mol. The van der Waals surface area contributed by atoms with Gasteiger partial charge in [-0.05, 0) is 51.6 Å². The van der Waals surface area contributed by atoms with Crippen molar-refractivity contribution in [1.82, 2.24) is 14.9 Å².